The van der Waals surface area contributed by atoms with Crippen molar-refractivity contribution in [2.75, 3.05) is 19.0 Å². The number of amides is 2. The summed E-state index contributed by atoms with van der Waals surface area (Å²) in [6, 6.07) is 3.88. The minimum absolute atomic E-state index is 0.106. The maximum Gasteiger partial charge on any atom is 0.319 e. The van der Waals surface area contributed by atoms with Gasteiger partial charge >= 0.3 is 6.03 Å². The molecule has 1 rings (SSSR count). The van der Waals surface area contributed by atoms with Gasteiger partial charge in [0.05, 0.1) is 7.11 Å². The average Bonchev–Trinajstić information content (AvgIpc) is 2.31. The molecule has 18 heavy (non-hydrogen) atoms. The van der Waals surface area contributed by atoms with E-state index in [1.165, 1.54) is 25.3 Å². The summed E-state index contributed by atoms with van der Waals surface area (Å²) < 4.78 is 18.0. The zero-order chi connectivity index (χ0) is 13.5. The van der Waals surface area contributed by atoms with Gasteiger partial charge in [-0.2, -0.15) is 0 Å². The van der Waals surface area contributed by atoms with Crippen molar-refractivity contribution in [2.45, 2.75) is 20.3 Å². The summed E-state index contributed by atoms with van der Waals surface area (Å²) >= 11 is 0. The third kappa shape index (κ3) is 4.61. The quantitative estimate of drug-likeness (QED) is 0.848. The Kier molecular flexibility index (Phi) is 5.42. The molecule has 2 N–H and O–H groups in total. The first kappa shape index (κ1) is 14.3. The van der Waals surface area contributed by atoms with E-state index in [-0.39, 0.29) is 11.8 Å². The fourth-order valence-corrected chi connectivity index (χ4v) is 1.39. The second-order valence-electron chi connectivity index (χ2n) is 4.41. The molecule has 0 spiro atoms. The Morgan fingerprint density at radius 2 is 2.17 bits per heavy atom. The molecule has 2 amide bonds. The summed E-state index contributed by atoms with van der Waals surface area (Å²) in [5.41, 5.74) is 0.496. The van der Waals surface area contributed by atoms with Crippen molar-refractivity contribution >= 4 is 11.7 Å². The molecule has 5 heteroatoms. The number of benzene rings is 1. The monoisotopic (exact) mass is 254 g/mol. The first-order chi connectivity index (χ1) is 8.52. The van der Waals surface area contributed by atoms with Crippen molar-refractivity contribution in [1.82, 2.24) is 5.32 Å². The third-order valence-corrected chi connectivity index (χ3v) is 2.42. The fraction of sp³-hybridized carbons (Fsp3) is 0.462. The highest BCUT2D eigenvalue weighted by Gasteiger charge is 2.06. The van der Waals surface area contributed by atoms with Gasteiger partial charge in [0.1, 0.15) is 0 Å². The molecule has 0 unspecified atom stereocenters. The van der Waals surface area contributed by atoms with Crippen LogP contribution in [-0.4, -0.2) is 19.7 Å². The van der Waals surface area contributed by atoms with E-state index in [2.05, 4.69) is 24.5 Å². The Morgan fingerprint density at radius 1 is 1.44 bits per heavy atom. The maximum absolute atomic E-state index is 13.1. The van der Waals surface area contributed by atoms with Crippen LogP contribution >= 0.6 is 0 Å². The predicted molar refractivity (Wildman–Crippen MR) is 69.4 cm³/mol. The lowest BCUT2D eigenvalue weighted by atomic mass is 10.1. The largest absolute Gasteiger partial charge is 0.494 e. The van der Waals surface area contributed by atoms with Crippen LogP contribution in [-0.2, 0) is 0 Å². The number of methoxy groups -OCH3 is 1. The molecular formula is C13H19FN2O2. The highest BCUT2D eigenvalue weighted by molar-refractivity contribution is 5.89. The third-order valence-electron chi connectivity index (χ3n) is 2.42. The minimum atomic E-state index is -0.455. The van der Waals surface area contributed by atoms with Crippen molar-refractivity contribution in [1.29, 1.82) is 0 Å². The van der Waals surface area contributed by atoms with E-state index in [0.717, 1.165) is 6.42 Å². The van der Waals surface area contributed by atoms with Gasteiger partial charge in [-0.25, -0.2) is 9.18 Å². The molecule has 0 radical (unpaired) electrons. The van der Waals surface area contributed by atoms with Gasteiger partial charge in [-0.15, -0.1) is 0 Å². The first-order valence-corrected chi connectivity index (χ1v) is 5.91. The summed E-state index contributed by atoms with van der Waals surface area (Å²) in [7, 11) is 1.38. The van der Waals surface area contributed by atoms with E-state index in [4.69, 9.17) is 4.74 Å². The van der Waals surface area contributed by atoms with Gasteiger partial charge < -0.3 is 15.4 Å². The van der Waals surface area contributed by atoms with Gasteiger partial charge in [-0.3, -0.25) is 0 Å². The maximum atomic E-state index is 13.1. The topological polar surface area (TPSA) is 50.4 Å². The van der Waals surface area contributed by atoms with Gasteiger partial charge in [0.25, 0.3) is 0 Å². The van der Waals surface area contributed by atoms with Crippen LogP contribution < -0.4 is 15.4 Å². The molecule has 1 aromatic carbocycles. The molecule has 0 bridgehead atoms. The zero-order valence-electron chi connectivity index (χ0n) is 10.9. The first-order valence-electron chi connectivity index (χ1n) is 5.91. The van der Waals surface area contributed by atoms with Crippen LogP contribution in [0.5, 0.6) is 5.75 Å². The van der Waals surface area contributed by atoms with E-state index < -0.39 is 5.82 Å². The Balaban J connectivity index is 2.49. The Morgan fingerprint density at radius 3 is 2.78 bits per heavy atom. The van der Waals surface area contributed by atoms with E-state index in [9.17, 15) is 9.18 Å². The number of nitrogens with one attached hydrogen (secondary N) is 2. The number of hydrogen-bond acceptors (Lipinski definition) is 2. The Bertz CT molecular complexity index is 408. The summed E-state index contributed by atoms with van der Waals surface area (Å²) in [6.07, 6.45) is 0.917. The number of halogens is 1. The van der Waals surface area contributed by atoms with Crippen molar-refractivity contribution in [3.63, 3.8) is 0 Å². The van der Waals surface area contributed by atoms with Crippen LogP contribution in [0, 0.1) is 11.7 Å². The number of carbonyl (C=O) groups excluding carboxylic acids is 1. The van der Waals surface area contributed by atoms with Crippen molar-refractivity contribution in [2.24, 2.45) is 5.92 Å². The van der Waals surface area contributed by atoms with E-state index >= 15 is 0 Å². The van der Waals surface area contributed by atoms with Crippen molar-refractivity contribution in [3.05, 3.63) is 24.0 Å². The van der Waals surface area contributed by atoms with Crippen LogP contribution in [0.15, 0.2) is 18.2 Å². The molecule has 1 aromatic rings. The number of urea groups is 1. The van der Waals surface area contributed by atoms with E-state index in [0.29, 0.717) is 18.2 Å². The highest BCUT2D eigenvalue weighted by atomic mass is 19.1. The summed E-state index contributed by atoms with van der Waals surface area (Å²) in [4.78, 5) is 11.5. The Hall–Kier alpha value is -1.78. The smallest absolute Gasteiger partial charge is 0.319 e. The lowest BCUT2D eigenvalue weighted by Gasteiger charge is -2.10. The molecule has 4 nitrogen and oxygen atoms in total. The van der Waals surface area contributed by atoms with Crippen LogP contribution in [0.25, 0.3) is 0 Å². The number of ether oxygens (including phenoxy) is 1. The summed E-state index contributed by atoms with van der Waals surface area (Å²) in [6.45, 7) is 4.79. The molecule has 0 saturated heterocycles. The zero-order valence-corrected chi connectivity index (χ0v) is 10.9. The molecule has 0 heterocycles. The normalized spacial score (nSPS) is 10.3. The summed E-state index contributed by atoms with van der Waals surface area (Å²) in [5.74, 6) is 0.189. The second kappa shape index (κ2) is 6.83. The van der Waals surface area contributed by atoms with E-state index in [1.54, 1.807) is 0 Å². The lowest BCUT2D eigenvalue weighted by molar-refractivity contribution is 0.251. The molecule has 0 aromatic heterocycles. The van der Waals surface area contributed by atoms with Crippen LogP contribution in [0.4, 0.5) is 14.9 Å². The van der Waals surface area contributed by atoms with Gasteiger partial charge in [0.15, 0.2) is 11.6 Å². The minimum Gasteiger partial charge on any atom is -0.494 e. The van der Waals surface area contributed by atoms with Gasteiger partial charge in [-0.05, 0) is 24.5 Å². The summed E-state index contributed by atoms with van der Waals surface area (Å²) in [5, 5.41) is 5.35. The molecule has 0 atom stereocenters. The van der Waals surface area contributed by atoms with Crippen LogP contribution in [0.2, 0.25) is 0 Å². The molecule has 0 saturated carbocycles. The molecule has 0 aliphatic carbocycles. The molecule has 0 fully saturated rings. The second-order valence-corrected chi connectivity index (χ2v) is 4.41. The standard InChI is InChI=1S/C13H19FN2O2/c1-9(2)6-7-15-13(17)16-10-4-5-11(14)12(8-10)18-3/h4-5,8-9H,6-7H2,1-3H3,(H2,15,16,17). The van der Waals surface area contributed by atoms with Crippen LogP contribution in [0.3, 0.4) is 0 Å². The fourth-order valence-electron chi connectivity index (χ4n) is 1.39. The average molecular weight is 254 g/mol. The number of hydrogen-bond donors (Lipinski definition) is 2. The number of rotatable bonds is 5. The molecule has 0 aliphatic heterocycles. The van der Waals surface area contributed by atoms with E-state index in [1.807, 2.05) is 0 Å². The lowest BCUT2D eigenvalue weighted by Crippen LogP contribution is -2.30. The number of anilines is 1. The van der Waals surface area contributed by atoms with Crippen molar-refractivity contribution < 1.29 is 13.9 Å². The molecule has 0 aliphatic rings. The molecule has 100 valence electrons. The van der Waals surface area contributed by atoms with Crippen LogP contribution in [0.1, 0.15) is 20.3 Å². The predicted octanol–water partition coefficient (Wildman–Crippen LogP) is 3.00. The van der Waals surface area contributed by atoms with Gasteiger partial charge in [0.2, 0.25) is 0 Å². The Labute approximate surface area is 107 Å². The van der Waals surface area contributed by atoms with Gasteiger partial charge in [-0.1, -0.05) is 13.8 Å². The molecular weight excluding hydrogens is 235 g/mol. The highest BCUT2D eigenvalue weighted by Crippen LogP contribution is 2.21. The van der Waals surface area contributed by atoms with Crippen molar-refractivity contribution in [3.8, 4) is 5.75 Å². The van der Waals surface area contributed by atoms with Gasteiger partial charge in [0, 0.05) is 18.3 Å². The number of carbonyl (C=O) groups is 1. The SMILES string of the molecule is COc1cc(NC(=O)NCCC(C)C)ccc1F.